The van der Waals surface area contributed by atoms with Gasteiger partial charge in [0.15, 0.2) is 0 Å². The van der Waals surface area contributed by atoms with Crippen LogP contribution in [0.3, 0.4) is 0 Å². The number of likely N-dealkylation sites (tertiary alicyclic amines) is 1. The molecule has 2 atom stereocenters. The van der Waals surface area contributed by atoms with Crippen LogP contribution >= 0.6 is 0 Å². The molecule has 1 saturated heterocycles. The second-order valence-corrected chi connectivity index (χ2v) is 7.77. The summed E-state index contributed by atoms with van der Waals surface area (Å²) in [6, 6.07) is 11.5. The highest BCUT2D eigenvalue weighted by Crippen LogP contribution is 2.49. The first kappa shape index (κ1) is 13.8. The number of hydrogen-bond donors (Lipinski definition) is 0. The van der Waals surface area contributed by atoms with Gasteiger partial charge in [-0.3, -0.25) is 0 Å². The van der Waals surface area contributed by atoms with Crippen LogP contribution in [0, 0.1) is 11.8 Å². The van der Waals surface area contributed by atoms with Crippen molar-refractivity contribution in [1.29, 1.82) is 0 Å². The minimum Gasteiger partial charge on any atom is -0.303 e. The molecule has 1 aromatic carbocycles. The molecule has 0 amide bonds. The summed E-state index contributed by atoms with van der Waals surface area (Å²) in [7, 11) is 0. The van der Waals surface area contributed by atoms with E-state index in [9.17, 15) is 0 Å². The van der Waals surface area contributed by atoms with E-state index in [1.54, 1.807) is 5.56 Å². The lowest BCUT2D eigenvalue weighted by molar-refractivity contribution is 0.0393. The summed E-state index contributed by atoms with van der Waals surface area (Å²) in [6.07, 6.45) is 11.6. The highest BCUT2D eigenvalue weighted by atomic mass is 15.1. The molecular formula is C20H29N. The highest BCUT2D eigenvalue weighted by Gasteiger charge is 2.45. The fraction of sp³-hybridized carbons (Fsp3) is 0.700. The molecule has 3 aliphatic rings. The van der Waals surface area contributed by atoms with Crippen LogP contribution in [0.15, 0.2) is 30.3 Å². The molecule has 2 aliphatic carbocycles. The molecule has 0 N–H and O–H groups in total. The van der Waals surface area contributed by atoms with Crippen molar-refractivity contribution in [1.82, 2.24) is 4.90 Å². The third-order valence-corrected chi connectivity index (χ3v) is 6.65. The van der Waals surface area contributed by atoms with Gasteiger partial charge in [0.1, 0.15) is 0 Å². The fourth-order valence-electron chi connectivity index (χ4n) is 5.17. The number of benzene rings is 1. The van der Waals surface area contributed by atoms with Gasteiger partial charge in [-0.05, 0) is 56.0 Å². The summed E-state index contributed by atoms with van der Waals surface area (Å²) >= 11 is 0. The Bertz CT molecular complexity index is 464. The van der Waals surface area contributed by atoms with Gasteiger partial charge in [-0.1, -0.05) is 49.6 Å². The topological polar surface area (TPSA) is 3.24 Å². The predicted molar refractivity (Wildman–Crippen MR) is 88.5 cm³/mol. The van der Waals surface area contributed by atoms with Crippen LogP contribution in [0.4, 0.5) is 0 Å². The van der Waals surface area contributed by atoms with Gasteiger partial charge in [0.2, 0.25) is 0 Å². The Morgan fingerprint density at radius 3 is 2.57 bits per heavy atom. The van der Waals surface area contributed by atoms with Crippen molar-refractivity contribution in [3.05, 3.63) is 35.9 Å². The second kappa shape index (κ2) is 5.76. The third-order valence-electron chi connectivity index (χ3n) is 6.65. The van der Waals surface area contributed by atoms with Crippen molar-refractivity contribution < 1.29 is 0 Å². The molecule has 0 radical (unpaired) electrons. The first-order valence-corrected chi connectivity index (χ1v) is 9.15. The smallest absolute Gasteiger partial charge is 0.00183 e. The van der Waals surface area contributed by atoms with Gasteiger partial charge >= 0.3 is 0 Å². The van der Waals surface area contributed by atoms with Crippen molar-refractivity contribution in [3.63, 3.8) is 0 Å². The summed E-state index contributed by atoms with van der Waals surface area (Å²) in [5, 5.41) is 0. The predicted octanol–water partition coefficient (Wildman–Crippen LogP) is 4.62. The van der Waals surface area contributed by atoms with E-state index in [0.29, 0.717) is 5.41 Å². The van der Waals surface area contributed by atoms with E-state index in [1.165, 1.54) is 71.0 Å². The van der Waals surface area contributed by atoms with Crippen molar-refractivity contribution in [2.45, 2.75) is 56.8 Å². The van der Waals surface area contributed by atoms with E-state index in [-0.39, 0.29) is 0 Å². The number of rotatable bonds is 3. The van der Waals surface area contributed by atoms with Crippen molar-refractivity contribution in [2.24, 2.45) is 11.8 Å². The maximum Gasteiger partial charge on any atom is 0.00183 e. The molecule has 0 bridgehead atoms. The molecule has 4 rings (SSSR count). The molecule has 114 valence electrons. The van der Waals surface area contributed by atoms with Gasteiger partial charge in [0.25, 0.3) is 0 Å². The molecule has 1 heterocycles. The Morgan fingerprint density at radius 1 is 0.952 bits per heavy atom. The van der Waals surface area contributed by atoms with Gasteiger partial charge < -0.3 is 4.90 Å². The highest BCUT2D eigenvalue weighted by molar-refractivity contribution is 5.28. The lowest BCUT2D eigenvalue weighted by Gasteiger charge is -2.52. The Balaban J connectivity index is 1.52. The van der Waals surface area contributed by atoms with E-state index in [0.717, 1.165) is 11.8 Å². The zero-order chi connectivity index (χ0) is 14.1. The SMILES string of the molecule is c1ccc([C@@]23CCCC[C@H]2CN(CC2CCC2)CC3)cc1. The van der Waals surface area contributed by atoms with E-state index in [2.05, 4.69) is 35.2 Å². The lowest BCUT2D eigenvalue weighted by atomic mass is 9.59. The zero-order valence-corrected chi connectivity index (χ0v) is 13.3. The van der Waals surface area contributed by atoms with Crippen molar-refractivity contribution in [2.75, 3.05) is 19.6 Å². The fourth-order valence-corrected chi connectivity index (χ4v) is 5.17. The molecule has 0 spiro atoms. The Hall–Kier alpha value is -0.820. The minimum atomic E-state index is 0.510. The second-order valence-electron chi connectivity index (χ2n) is 7.77. The average molecular weight is 283 g/mol. The van der Waals surface area contributed by atoms with E-state index in [1.807, 2.05) is 0 Å². The molecule has 3 fully saturated rings. The maximum absolute atomic E-state index is 2.81. The van der Waals surface area contributed by atoms with Crippen LogP contribution in [0.2, 0.25) is 0 Å². The summed E-state index contributed by atoms with van der Waals surface area (Å²) in [5.41, 5.74) is 2.15. The van der Waals surface area contributed by atoms with Crippen molar-refractivity contribution in [3.8, 4) is 0 Å². The standard InChI is InChI=1S/C20H29N/c1-2-9-18(10-3-1)20-12-5-4-11-19(20)16-21(14-13-20)15-17-7-6-8-17/h1-3,9-10,17,19H,4-8,11-16H2/t19-,20-/m0/s1. The Labute approximate surface area is 129 Å². The van der Waals surface area contributed by atoms with Crippen LogP contribution in [0.1, 0.15) is 56.9 Å². The molecule has 21 heavy (non-hydrogen) atoms. The number of fused-ring (bicyclic) bond motifs is 1. The van der Waals surface area contributed by atoms with Crippen molar-refractivity contribution >= 4 is 0 Å². The minimum absolute atomic E-state index is 0.510. The Morgan fingerprint density at radius 2 is 1.81 bits per heavy atom. The van der Waals surface area contributed by atoms with Gasteiger partial charge in [0.05, 0.1) is 0 Å². The third kappa shape index (κ3) is 2.54. The van der Waals surface area contributed by atoms with E-state index < -0.39 is 0 Å². The molecule has 1 nitrogen and oxygen atoms in total. The first-order valence-electron chi connectivity index (χ1n) is 9.15. The maximum atomic E-state index is 2.81. The van der Waals surface area contributed by atoms with Crippen LogP contribution in [0.25, 0.3) is 0 Å². The van der Waals surface area contributed by atoms with Crippen LogP contribution in [-0.4, -0.2) is 24.5 Å². The largest absolute Gasteiger partial charge is 0.303 e. The van der Waals surface area contributed by atoms with Crippen LogP contribution < -0.4 is 0 Å². The molecule has 1 aliphatic heterocycles. The van der Waals surface area contributed by atoms with Gasteiger partial charge in [0, 0.05) is 18.5 Å². The molecule has 1 heteroatoms. The zero-order valence-electron chi connectivity index (χ0n) is 13.3. The molecule has 1 aromatic rings. The van der Waals surface area contributed by atoms with Gasteiger partial charge in [-0.15, -0.1) is 0 Å². The van der Waals surface area contributed by atoms with E-state index in [4.69, 9.17) is 0 Å². The molecule has 0 unspecified atom stereocenters. The monoisotopic (exact) mass is 283 g/mol. The summed E-state index contributed by atoms with van der Waals surface area (Å²) in [5.74, 6) is 1.93. The summed E-state index contributed by atoms with van der Waals surface area (Å²) < 4.78 is 0. The van der Waals surface area contributed by atoms with Gasteiger partial charge in [-0.2, -0.15) is 0 Å². The first-order chi connectivity index (χ1) is 10.4. The molecular weight excluding hydrogens is 254 g/mol. The molecule has 2 saturated carbocycles. The van der Waals surface area contributed by atoms with Crippen LogP contribution in [-0.2, 0) is 5.41 Å². The number of nitrogens with zero attached hydrogens (tertiary/aromatic N) is 1. The van der Waals surface area contributed by atoms with E-state index >= 15 is 0 Å². The average Bonchev–Trinajstić information content (AvgIpc) is 2.51. The quantitative estimate of drug-likeness (QED) is 0.782. The number of hydrogen-bond acceptors (Lipinski definition) is 1. The Kier molecular flexibility index (Phi) is 3.79. The summed E-state index contributed by atoms with van der Waals surface area (Å²) in [4.78, 5) is 2.81. The number of piperidine rings is 1. The lowest BCUT2D eigenvalue weighted by Crippen LogP contribution is -2.52. The van der Waals surface area contributed by atoms with Gasteiger partial charge in [-0.25, -0.2) is 0 Å². The molecule has 0 aromatic heterocycles. The van der Waals surface area contributed by atoms with Crippen LogP contribution in [0.5, 0.6) is 0 Å². The normalized spacial score (nSPS) is 34.2. The summed E-state index contributed by atoms with van der Waals surface area (Å²) in [6.45, 7) is 4.09.